The van der Waals surface area contributed by atoms with Gasteiger partial charge in [0.05, 0.1) is 12.4 Å². The van der Waals surface area contributed by atoms with Gasteiger partial charge in [0.2, 0.25) is 10.0 Å². The van der Waals surface area contributed by atoms with Crippen molar-refractivity contribution in [3.05, 3.63) is 0 Å². The molecule has 104 valence electrons. The molecule has 0 aromatic carbocycles. The maximum atomic E-state index is 10.8. The van der Waals surface area contributed by atoms with E-state index in [-0.39, 0.29) is 5.75 Å². The van der Waals surface area contributed by atoms with Gasteiger partial charge in [-0.1, -0.05) is 0 Å². The van der Waals surface area contributed by atoms with Gasteiger partial charge in [-0.3, -0.25) is 0 Å². The van der Waals surface area contributed by atoms with Crippen molar-refractivity contribution in [2.24, 2.45) is 5.14 Å². The molecule has 7 heteroatoms. The average Bonchev–Trinajstić information content (AvgIpc) is 2.23. The molecule has 0 aromatic heterocycles. The first-order valence-electron chi connectivity index (χ1n) is 5.70. The van der Waals surface area contributed by atoms with Crippen LogP contribution in [0.3, 0.4) is 0 Å². The first kappa shape index (κ1) is 16.8. The first-order chi connectivity index (χ1) is 7.99. The number of primary sulfonamides is 1. The van der Waals surface area contributed by atoms with Crippen LogP contribution in [0.1, 0.15) is 12.8 Å². The molecule has 6 nitrogen and oxygen atoms in total. The van der Waals surface area contributed by atoms with Crippen LogP contribution in [0.5, 0.6) is 0 Å². The largest absolute Gasteiger partial charge is 0.385 e. The molecular formula is C10H24N2O4S. The van der Waals surface area contributed by atoms with Gasteiger partial charge in [-0.2, -0.15) is 0 Å². The van der Waals surface area contributed by atoms with Crippen molar-refractivity contribution in [2.45, 2.75) is 12.8 Å². The molecule has 0 atom stereocenters. The summed E-state index contributed by atoms with van der Waals surface area (Å²) in [5.74, 6) is 0.0285. The number of ether oxygens (including phenoxy) is 2. The van der Waals surface area contributed by atoms with E-state index in [1.807, 2.05) is 0 Å². The summed E-state index contributed by atoms with van der Waals surface area (Å²) in [4.78, 5) is 2.16. The second kappa shape index (κ2) is 9.78. The van der Waals surface area contributed by atoms with Gasteiger partial charge >= 0.3 is 0 Å². The van der Waals surface area contributed by atoms with Gasteiger partial charge < -0.3 is 14.4 Å². The molecule has 0 saturated carbocycles. The van der Waals surface area contributed by atoms with Crippen LogP contribution in [-0.2, 0) is 19.5 Å². The molecule has 0 aliphatic rings. The van der Waals surface area contributed by atoms with Crippen molar-refractivity contribution in [3.8, 4) is 0 Å². The van der Waals surface area contributed by atoms with Gasteiger partial charge in [-0.15, -0.1) is 0 Å². The van der Waals surface area contributed by atoms with E-state index in [1.165, 1.54) is 0 Å². The van der Waals surface area contributed by atoms with Crippen LogP contribution >= 0.6 is 0 Å². The van der Waals surface area contributed by atoms with E-state index in [0.717, 1.165) is 19.5 Å². The van der Waals surface area contributed by atoms with Gasteiger partial charge in [0, 0.05) is 33.9 Å². The number of methoxy groups -OCH3 is 2. The molecule has 0 fully saturated rings. The van der Waals surface area contributed by atoms with E-state index in [0.29, 0.717) is 26.2 Å². The summed E-state index contributed by atoms with van der Waals surface area (Å²) < 4.78 is 31.6. The Bertz CT molecular complexity index is 269. The molecule has 0 rings (SSSR count). The monoisotopic (exact) mass is 268 g/mol. The lowest BCUT2D eigenvalue weighted by molar-refractivity contribution is 0.133. The Hall–Kier alpha value is -0.210. The van der Waals surface area contributed by atoms with E-state index in [9.17, 15) is 8.42 Å². The van der Waals surface area contributed by atoms with Crippen molar-refractivity contribution in [2.75, 3.05) is 52.8 Å². The Kier molecular flexibility index (Phi) is 9.66. The zero-order chi connectivity index (χ0) is 13.1. The summed E-state index contributed by atoms with van der Waals surface area (Å²) in [5, 5.41) is 4.95. The molecule has 0 radical (unpaired) electrons. The minimum Gasteiger partial charge on any atom is -0.385 e. The smallest absolute Gasteiger partial charge is 0.209 e. The van der Waals surface area contributed by atoms with Gasteiger partial charge in [0.25, 0.3) is 0 Å². The summed E-state index contributed by atoms with van der Waals surface area (Å²) >= 11 is 0. The van der Waals surface area contributed by atoms with Gasteiger partial charge in [-0.25, -0.2) is 13.6 Å². The standard InChI is InChI=1S/C10H24N2O4S/c1-15-8-3-5-12(7-9-16-2)6-4-10-17(11,13)14/h3-10H2,1-2H3,(H2,11,13,14). The van der Waals surface area contributed by atoms with Crippen molar-refractivity contribution in [1.82, 2.24) is 4.90 Å². The summed E-state index contributed by atoms with van der Waals surface area (Å²) in [6, 6.07) is 0. The van der Waals surface area contributed by atoms with Crippen molar-refractivity contribution in [3.63, 3.8) is 0 Å². The molecular weight excluding hydrogens is 244 g/mol. The Labute approximate surface area is 104 Å². The Morgan fingerprint density at radius 3 is 2.12 bits per heavy atom. The van der Waals surface area contributed by atoms with Gasteiger partial charge in [0.1, 0.15) is 0 Å². The van der Waals surface area contributed by atoms with E-state index in [1.54, 1.807) is 14.2 Å². The van der Waals surface area contributed by atoms with Crippen molar-refractivity contribution in [1.29, 1.82) is 0 Å². The van der Waals surface area contributed by atoms with E-state index < -0.39 is 10.0 Å². The molecule has 0 aliphatic heterocycles. The summed E-state index contributed by atoms with van der Waals surface area (Å²) in [7, 11) is -0.0304. The molecule has 2 N–H and O–H groups in total. The fourth-order valence-electron chi connectivity index (χ4n) is 1.48. The number of sulfonamides is 1. The number of rotatable bonds is 11. The number of hydrogen-bond donors (Lipinski definition) is 1. The highest BCUT2D eigenvalue weighted by Gasteiger charge is 2.07. The Morgan fingerprint density at radius 1 is 1.00 bits per heavy atom. The summed E-state index contributed by atoms with van der Waals surface area (Å²) in [6.45, 7) is 3.73. The topological polar surface area (TPSA) is 81.9 Å². The third kappa shape index (κ3) is 12.0. The quantitative estimate of drug-likeness (QED) is 0.518. The highest BCUT2D eigenvalue weighted by molar-refractivity contribution is 7.89. The van der Waals surface area contributed by atoms with Gasteiger partial charge in [0.15, 0.2) is 0 Å². The van der Waals surface area contributed by atoms with Crippen LogP contribution in [-0.4, -0.2) is 66.1 Å². The molecule has 0 bridgehead atoms. The lowest BCUT2D eigenvalue weighted by Crippen LogP contribution is -2.31. The normalized spacial score (nSPS) is 12.2. The maximum absolute atomic E-state index is 10.8. The van der Waals surface area contributed by atoms with Crippen LogP contribution in [0, 0.1) is 0 Å². The zero-order valence-electron chi connectivity index (χ0n) is 10.7. The minimum atomic E-state index is -3.35. The molecule has 17 heavy (non-hydrogen) atoms. The molecule has 0 heterocycles. The van der Waals surface area contributed by atoms with E-state index >= 15 is 0 Å². The highest BCUT2D eigenvalue weighted by Crippen LogP contribution is 1.96. The number of nitrogens with zero attached hydrogens (tertiary/aromatic N) is 1. The number of nitrogens with two attached hydrogens (primary N) is 1. The maximum Gasteiger partial charge on any atom is 0.209 e. The second-order valence-corrected chi connectivity index (χ2v) is 5.64. The van der Waals surface area contributed by atoms with Crippen LogP contribution in [0.15, 0.2) is 0 Å². The predicted molar refractivity (Wildman–Crippen MR) is 67.4 cm³/mol. The lowest BCUT2D eigenvalue weighted by atomic mass is 10.3. The second-order valence-electron chi connectivity index (χ2n) is 3.90. The summed E-state index contributed by atoms with van der Waals surface area (Å²) in [5.41, 5.74) is 0. The lowest BCUT2D eigenvalue weighted by Gasteiger charge is -2.21. The SMILES string of the molecule is COCCCN(CCCS(N)(=O)=O)CCOC. The van der Waals surface area contributed by atoms with Crippen LogP contribution in [0.25, 0.3) is 0 Å². The first-order valence-corrected chi connectivity index (χ1v) is 7.42. The van der Waals surface area contributed by atoms with E-state index in [2.05, 4.69) is 4.90 Å². The number of hydrogen-bond acceptors (Lipinski definition) is 5. The third-order valence-electron chi connectivity index (χ3n) is 2.34. The zero-order valence-corrected chi connectivity index (χ0v) is 11.5. The van der Waals surface area contributed by atoms with Gasteiger partial charge in [-0.05, 0) is 19.4 Å². The molecule has 0 unspecified atom stereocenters. The highest BCUT2D eigenvalue weighted by atomic mass is 32.2. The van der Waals surface area contributed by atoms with Crippen molar-refractivity contribution >= 4 is 10.0 Å². The molecule has 0 spiro atoms. The predicted octanol–water partition coefficient (Wildman–Crippen LogP) is -0.350. The van der Waals surface area contributed by atoms with Crippen LogP contribution < -0.4 is 5.14 Å². The fraction of sp³-hybridized carbons (Fsp3) is 1.00. The molecule has 0 saturated heterocycles. The average molecular weight is 268 g/mol. The van der Waals surface area contributed by atoms with Crippen LogP contribution in [0.4, 0.5) is 0 Å². The van der Waals surface area contributed by atoms with Crippen LogP contribution in [0.2, 0.25) is 0 Å². The molecule has 0 aromatic rings. The Morgan fingerprint density at radius 2 is 1.59 bits per heavy atom. The molecule has 0 amide bonds. The Balaban J connectivity index is 3.83. The van der Waals surface area contributed by atoms with Crippen molar-refractivity contribution < 1.29 is 17.9 Å². The molecule has 0 aliphatic carbocycles. The summed E-state index contributed by atoms with van der Waals surface area (Å²) in [6.07, 6.45) is 1.48. The third-order valence-corrected chi connectivity index (χ3v) is 3.20. The minimum absolute atomic E-state index is 0.0285. The fourth-order valence-corrected chi connectivity index (χ4v) is 2.01. The van der Waals surface area contributed by atoms with E-state index in [4.69, 9.17) is 14.6 Å².